The Bertz CT molecular complexity index is 157. The molecule has 1 heteroatoms. The first-order valence-electron chi connectivity index (χ1n) is 5.86. The fraction of sp³-hybridized carbons (Fsp3) is 0.846. The minimum atomic E-state index is -0.158. The molecule has 1 unspecified atom stereocenters. The molecular weight excluding hydrogens is 172 g/mol. The van der Waals surface area contributed by atoms with Gasteiger partial charge in [-0.2, -0.15) is 0 Å². The minimum Gasteiger partial charge on any atom is -0.393 e. The van der Waals surface area contributed by atoms with Crippen LogP contribution in [0.3, 0.4) is 0 Å². The van der Waals surface area contributed by atoms with Gasteiger partial charge >= 0.3 is 0 Å². The Kier molecular flexibility index (Phi) is 7.87. The summed E-state index contributed by atoms with van der Waals surface area (Å²) in [5.74, 6) is 0.820. The van der Waals surface area contributed by atoms with Gasteiger partial charge in [-0.05, 0) is 45.4 Å². The van der Waals surface area contributed by atoms with Gasteiger partial charge in [0.1, 0.15) is 0 Å². The Morgan fingerprint density at radius 3 is 2.36 bits per heavy atom. The second-order valence-corrected chi connectivity index (χ2v) is 4.76. The lowest BCUT2D eigenvalue weighted by Gasteiger charge is -2.05. The molecule has 0 saturated heterocycles. The zero-order valence-electron chi connectivity index (χ0n) is 10.2. The zero-order chi connectivity index (χ0) is 11.0. The van der Waals surface area contributed by atoms with Gasteiger partial charge in [0.25, 0.3) is 0 Å². The van der Waals surface area contributed by atoms with Crippen LogP contribution in [0.2, 0.25) is 0 Å². The van der Waals surface area contributed by atoms with Crippen LogP contribution in [0.25, 0.3) is 0 Å². The molecule has 1 atom stereocenters. The Hall–Kier alpha value is -0.300. The summed E-state index contributed by atoms with van der Waals surface area (Å²) >= 11 is 0. The molecule has 0 fully saturated rings. The first-order chi connectivity index (χ1) is 6.52. The summed E-state index contributed by atoms with van der Waals surface area (Å²) in [7, 11) is 0. The van der Waals surface area contributed by atoms with E-state index in [9.17, 15) is 0 Å². The van der Waals surface area contributed by atoms with Crippen LogP contribution < -0.4 is 0 Å². The Morgan fingerprint density at radius 2 is 1.86 bits per heavy atom. The Morgan fingerprint density at radius 1 is 1.21 bits per heavy atom. The third kappa shape index (κ3) is 9.79. The van der Waals surface area contributed by atoms with Crippen molar-refractivity contribution in [1.29, 1.82) is 0 Å². The highest BCUT2D eigenvalue weighted by Crippen LogP contribution is 2.12. The van der Waals surface area contributed by atoms with E-state index >= 15 is 0 Å². The predicted molar refractivity (Wildman–Crippen MR) is 63.4 cm³/mol. The molecule has 0 spiro atoms. The van der Waals surface area contributed by atoms with Crippen molar-refractivity contribution in [2.45, 2.75) is 65.9 Å². The summed E-state index contributed by atoms with van der Waals surface area (Å²) < 4.78 is 0. The molecule has 1 N–H and O–H groups in total. The van der Waals surface area contributed by atoms with Crippen LogP contribution in [0.15, 0.2) is 11.6 Å². The minimum absolute atomic E-state index is 0.158. The molecule has 14 heavy (non-hydrogen) atoms. The average Bonchev–Trinajstić information content (AvgIpc) is 2.02. The molecule has 0 radical (unpaired) electrons. The number of rotatable bonds is 7. The average molecular weight is 198 g/mol. The van der Waals surface area contributed by atoms with Crippen LogP contribution in [0.1, 0.15) is 59.8 Å². The molecule has 0 aliphatic heterocycles. The fourth-order valence-electron chi connectivity index (χ4n) is 1.46. The van der Waals surface area contributed by atoms with Crippen molar-refractivity contribution in [3.63, 3.8) is 0 Å². The Balaban J connectivity index is 3.47. The van der Waals surface area contributed by atoms with Gasteiger partial charge in [0.05, 0.1) is 6.10 Å². The molecule has 0 aliphatic carbocycles. The third-order valence-electron chi connectivity index (χ3n) is 2.43. The van der Waals surface area contributed by atoms with Gasteiger partial charge < -0.3 is 5.11 Å². The van der Waals surface area contributed by atoms with Crippen molar-refractivity contribution in [2.75, 3.05) is 0 Å². The van der Waals surface area contributed by atoms with Crippen molar-refractivity contribution in [3.05, 3.63) is 11.6 Å². The van der Waals surface area contributed by atoms with Gasteiger partial charge in [-0.1, -0.05) is 31.9 Å². The van der Waals surface area contributed by atoms with Crippen LogP contribution in [0, 0.1) is 5.92 Å². The summed E-state index contributed by atoms with van der Waals surface area (Å²) in [4.78, 5) is 0. The largest absolute Gasteiger partial charge is 0.393 e. The Labute approximate surface area is 89.2 Å². The fourth-order valence-corrected chi connectivity index (χ4v) is 1.46. The molecule has 0 rings (SSSR count). The quantitative estimate of drug-likeness (QED) is 0.615. The second-order valence-electron chi connectivity index (χ2n) is 4.76. The highest BCUT2D eigenvalue weighted by atomic mass is 16.3. The lowest BCUT2D eigenvalue weighted by Crippen LogP contribution is -1.97. The molecule has 0 aromatic rings. The van der Waals surface area contributed by atoms with E-state index < -0.39 is 0 Å². The van der Waals surface area contributed by atoms with Crippen molar-refractivity contribution >= 4 is 0 Å². The highest BCUT2D eigenvalue weighted by molar-refractivity contribution is 4.97. The van der Waals surface area contributed by atoms with Gasteiger partial charge in [-0.3, -0.25) is 0 Å². The van der Waals surface area contributed by atoms with E-state index in [0.29, 0.717) is 0 Å². The van der Waals surface area contributed by atoms with E-state index in [4.69, 9.17) is 5.11 Å². The summed E-state index contributed by atoms with van der Waals surface area (Å²) in [6.07, 6.45) is 7.86. The maximum Gasteiger partial charge on any atom is 0.0515 e. The maximum absolute atomic E-state index is 9.08. The molecule has 0 heterocycles. The van der Waals surface area contributed by atoms with Gasteiger partial charge in [0, 0.05) is 0 Å². The van der Waals surface area contributed by atoms with E-state index in [1.165, 1.54) is 24.8 Å². The monoisotopic (exact) mass is 198 g/mol. The summed E-state index contributed by atoms with van der Waals surface area (Å²) in [6.45, 7) is 8.59. The summed E-state index contributed by atoms with van der Waals surface area (Å²) in [5.41, 5.74) is 1.48. The maximum atomic E-state index is 9.08. The van der Waals surface area contributed by atoms with E-state index in [-0.39, 0.29) is 6.10 Å². The highest BCUT2D eigenvalue weighted by Gasteiger charge is 1.96. The molecule has 84 valence electrons. The number of aliphatic hydroxyl groups excluding tert-OH is 1. The van der Waals surface area contributed by atoms with Crippen LogP contribution in [0.4, 0.5) is 0 Å². The first-order valence-corrected chi connectivity index (χ1v) is 5.86. The van der Waals surface area contributed by atoms with E-state index in [1.807, 2.05) is 6.92 Å². The number of hydrogen-bond acceptors (Lipinski definition) is 1. The van der Waals surface area contributed by atoms with E-state index in [2.05, 4.69) is 26.8 Å². The van der Waals surface area contributed by atoms with Crippen molar-refractivity contribution in [3.8, 4) is 0 Å². The van der Waals surface area contributed by atoms with E-state index in [0.717, 1.165) is 18.8 Å². The van der Waals surface area contributed by atoms with Crippen molar-refractivity contribution < 1.29 is 5.11 Å². The van der Waals surface area contributed by atoms with Crippen LogP contribution in [-0.2, 0) is 0 Å². The molecule has 0 aliphatic rings. The number of aliphatic hydroxyl groups is 1. The smallest absolute Gasteiger partial charge is 0.0515 e. The molecular formula is C13H26O. The topological polar surface area (TPSA) is 20.2 Å². The van der Waals surface area contributed by atoms with Crippen LogP contribution >= 0.6 is 0 Å². The molecule has 0 aromatic carbocycles. The molecule has 0 amide bonds. The first kappa shape index (κ1) is 13.7. The summed E-state index contributed by atoms with van der Waals surface area (Å²) in [5, 5.41) is 9.08. The van der Waals surface area contributed by atoms with E-state index in [1.54, 1.807) is 0 Å². The molecule has 0 aromatic heterocycles. The lowest BCUT2D eigenvalue weighted by atomic mass is 10.0. The lowest BCUT2D eigenvalue weighted by molar-refractivity contribution is 0.186. The number of hydrogen-bond donors (Lipinski definition) is 1. The molecule has 0 saturated carbocycles. The van der Waals surface area contributed by atoms with Crippen molar-refractivity contribution in [1.82, 2.24) is 0 Å². The van der Waals surface area contributed by atoms with Gasteiger partial charge in [-0.15, -0.1) is 0 Å². The van der Waals surface area contributed by atoms with Gasteiger partial charge in [0.2, 0.25) is 0 Å². The normalized spacial score (nSPS) is 14.9. The second kappa shape index (κ2) is 8.05. The molecule has 1 nitrogen and oxygen atoms in total. The van der Waals surface area contributed by atoms with Gasteiger partial charge in [-0.25, -0.2) is 0 Å². The number of allylic oxidation sites excluding steroid dienone is 2. The standard InChI is InChI=1S/C13H26O/c1-11(2)7-5-8-12(3)9-6-10-13(4)14/h9,11,13-14H,5-8,10H2,1-4H3/b12-9+. The predicted octanol–water partition coefficient (Wildman–Crippen LogP) is 3.92. The van der Waals surface area contributed by atoms with Gasteiger partial charge in [0.15, 0.2) is 0 Å². The molecule has 0 bridgehead atoms. The summed E-state index contributed by atoms with van der Waals surface area (Å²) in [6, 6.07) is 0. The zero-order valence-corrected chi connectivity index (χ0v) is 10.2. The SMILES string of the molecule is C/C(=C\CCC(C)O)CCCC(C)C. The van der Waals surface area contributed by atoms with Crippen LogP contribution in [-0.4, -0.2) is 11.2 Å². The van der Waals surface area contributed by atoms with Crippen molar-refractivity contribution in [2.24, 2.45) is 5.92 Å². The van der Waals surface area contributed by atoms with Crippen LogP contribution in [0.5, 0.6) is 0 Å². The third-order valence-corrected chi connectivity index (χ3v) is 2.43.